The van der Waals surface area contributed by atoms with E-state index >= 15 is 0 Å². The molecule has 1 aromatic heterocycles. The van der Waals surface area contributed by atoms with E-state index in [0.29, 0.717) is 11.6 Å². The lowest BCUT2D eigenvalue weighted by atomic mass is 10.00. The molecule has 1 fully saturated rings. The Hall–Kier alpha value is -2.14. The topological polar surface area (TPSA) is 58.4 Å². The largest absolute Gasteiger partial charge is 0.476 e. The highest BCUT2D eigenvalue weighted by molar-refractivity contribution is 5.93. The number of carbonyl (C=O) groups is 1. The standard InChI is InChI=1S/C17H21N3O2/c1-12(20-8-3-4-9-20)13-6-5-7-14(10-13)15-11-19(2)18-16(15)17(21)22/h5-7,10-12H,3-4,8-9H2,1-2H3,(H,21,22)/t12-/m1/s1. The molecule has 2 heterocycles. The van der Waals surface area contributed by atoms with Crippen LogP contribution in [0.4, 0.5) is 0 Å². The molecule has 0 unspecified atom stereocenters. The summed E-state index contributed by atoms with van der Waals surface area (Å²) in [6.45, 7) is 4.49. The Labute approximate surface area is 130 Å². The summed E-state index contributed by atoms with van der Waals surface area (Å²) in [5, 5.41) is 13.4. The molecular formula is C17H21N3O2. The maximum atomic E-state index is 11.4. The van der Waals surface area contributed by atoms with Gasteiger partial charge in [-0.2, -0.15) is 5.10 Å². The lowest BCUT2D eigenvalue weighted by Gasteiger charge is -2.24. The molecule has 22 heavy (non-hydrogen) atoms. The molecule has 1 N–H and O–H groups in total. The van der Waals surface area contributed by atoms with Crippen molar-refractivity contribution < 1.29 is 9.90 Å². The summed E-state index contributed by atoms with van der Waals surface area (Å²) < 4.78 is 1.55. The quantitative estimate of drug-likeness (QED) is 0.943. The van der Waals surface area contributed by atoms with Gasteiger partial charge in [0.05, 0.1) is 0 Å². The van der Waals surface area contributed by atoms with E-state index in [9.17, 15) is 9.90 Å². The van der Waals surface area contributed by atoms with Crippen molar-refractivity contribution in [2.24, 2.45) is 7.05 Å². The Morgan fingerprint density at radius 2 is 2.05 bits per heavy atom. The average molecular weight is 299 g/mol. The smallest absolute Gasteiger partial charge is 0.357 e. The van der Waals surface area contributed by atoms with Crippen LogP contribution in [0.5, 0.6) is 0 Å². The molecule has 0 spiro atoms. The van der Waals surface area contributed by atoms with Gasteiger partial charge in [-0.05, 0) is 50.0 Å². The summed E-state index contributed by atoms with van der Waals surface area (Å²) >= 11 is 0. The second-order valence-electron chi connectivity index (χ2n) is 5.91. The van der Waals surface area contributed by atoms with E-state index in [1.807, 2.05) is 12.1 Å². The summed E-state index contributed by atoms with van der Waals surface area (Å²) in [5.41, 5.74) is 2.91. The van der Waals surface area contributed by atoms with E-state index in [4.69, 9.17) is 0 Å². The second-order valence-corrected chi connectivity index (χ2v) is 5.91. The first-order valence-electron chi connectivity index (χ1n) is 7.67. The zero-order chi connectivity index (χ0) is 15.7. The number of aromatic carboxylic acids is 1. The molecule has 0 amide bonds. The van der Waals surface area contributed by atoms with E-state index in [1.165, 1.54) is 18.4 Å². The molecule has 1 aliphatic rings. The highest BCUT2D eigenvalue weighted by atomic mass is 16.4. The highest BCUT2D eigenvalue weighted by Crippen LogP contribution is 2.29. The fourth-order valence-electron chi connectivity index (χ4n) is 3.16. The first-order valence-corrected chi connectivity index (χ1v) is 7.67. The molecule has 5 nitrogen and oxygen atoms in total. The first kappa shape index (κ1) is 14.8. The van der Waals surface area contributed by atoms with Crippen LogP contribution >= 0.6 is 0 Å². The minimum absolute atomic E-state index is 0.105. The van der Waals surface area contributed by atoms with Gasteiger partial charge in [0.1, 0.15) is 0 Å². The monoisotopic (exact) mass is 299 g/mol. The third kappa shape index (κ3) is 2.76. The van der Waals surface area contributed by atoms with Gasteiger partial charge in [0.15, 0.2) is 5.69 Å². The molecule has 0 radical (unpaired) electrons. The number of carboxylic acid groups (broad SMARTS) is 1. The Morgan fingerprint density at radius 3 is 2.73 bits per heavy atom. The van der Waals surface area contributed by atoms with Crippen molar-refractivity contribution in [3.63, 3.8) is 0 Å². The van der Waals surface area contributed by atoms with Crippen molar-refractivity contribution in [3.8, 4) is 11.1 Å². The van der Waals surface area contributed by atoms with Gasteiger partial charge in [-0.25, -0.2) is 4.79 Å². The molecule has 116 valence electrons. The zero-order valence-electron chi connectivity index (χ0n) is 13.0. The first-order chi connectivity index (χ1) is 10.6. The second kappa shape index (κ2) is 5.93. The number of hydrogen-bond acceptors (Lipinski definition) is 3. The molecule has 0 saturated carbocycles. The molecule has 1 aliphatic heterocycles. The Bertz CT molecular complexity index is 687. The minimum atomic E-state index is -0.992. The van der Waals surface area contributed by atoms with Gasteiger partial charge in [-0.3, -0.25) is 9.58 Å². The number of hydrogen-bond donors (Lipinski definition) is 1. The lowest BCUT2D eigenvalue weighted by Crippen LogP contribution is -2.23. The molecule has 1 atom stereocenters. The maximum absolute atomic E-state index is 11.4. The van der Waals surface area contributed by atoms with Gasteiger partial charge in [-0.15, -0.1) is 0 Å². The van der Waals surface area contributed by atoms with Gasteiger partial charge in [0.2, 0.25) is 0 Å². The van der Waals surface area contributed by atoms with Gasteiger partial charge in [0, 0.05) is 24.8 Å². The minimum Gasteiger partial charge on any atom is -0.476 e. The van der Waals surface area contributed by atoms with Crippen molar-refractivity contribution in [1.82, 2.24) is 14.7 Å². The number of aryl methyl sites for hydroxylation is 1. The van der Waals surface area contributed by atoms with Gasteiger partial charge in [-0.1, -0.05) is 18.2 Å². The van der Waals surface area contributed by atoms with Crippen molar-refractivity contribution in [3.05, 3.63) is 41.7 Å². The van der Waals surface area contributed by atoms with Gasteiger partial charge < -0.3 is 5.11 Å². The summed E-state index contributed by atoms with van der Waals surface area (Å²) in [4.78, 5) is 13.8. The van der Waals surface area contributed by atoms with Gasteiger partial charge in [0.25, 0.3) is 0 Å². The van der Waals surface area contributed by atoms with Crippen LogP contribution in [0.25, 0.3) is 11.1 Å². The SMILES string of the molecule is C[C@H](c1cccc(-c2cn(C)nc2C(=O)O)c1)N1CCCC1. The maximum Gasteiger partial charge on any atom is 0.357 e. The number of rotatable bonds is 4. The molecule has 1 saturated heterocycles. The molecule has 2 aromatic rings. The molecule has 3 rings (SSSR count). The van der Waals surface area contributed by atoms with Crippen LogP contribution in [-0.4, -0.2) is 38.8 Å². The van der Waals surface area contributed by atoms with Crippen LogP contribution in [0, 0.1) is 0 Å². The summed E-state index contributed by atoms with van der Waals surface area (Å²) in [6, 6.07) is 8.50. The number of nitrogens with zero attached hydrogens (tertiary/aromatic N) is 3. The van der Waals surface area contributed by atoms with Crippen molar-refractivity contribution in [1.29, 1.82) is 0 Å². The average Bonchev–Trinajstić information content (AvgIpc) is 3.16. The zero-order valence-corrected chi connectivity index (χ0v) is 13.0. The number of likely N-dealkylation sites (tertiary alicyclic amines) is 1. The summed E-state index contributed by atoms with van der Waals surface area (Å²) in [6.07, 6.45) is 4.29. The summed E-state index contributed by atoms with van der Waals surface area (Å²) in [5.74, 6) is -0.992. The van der Waals surface area contributed by atoms with Crippen LogP contribution < -0.4 is 0 Å². The normalized spacial score (nSPS) is 16.8. The molecule has 0 aliphatic carbocycles. The number of aromatic nitrogens is 2. The Balaban J connectivity index is 1.96. The highest BCUT2D eigenvalue weighted by Gasteiger charge is 2.21. The van der Waals surface area contributed by atoms with Crippen molar-refractivity contribution in [2.45, 2.75) is 25.8 Å². The third-order valence-electron chi connectivity index (χ3n) is 4.40. The predicted molar refractivity (Wildman–Crippen MR) is 84.8 cm³/mol. The van der Waals surface area contributed by atoms with E-state index in [0.717, 1.165) is 18.7 Å². The van der Waals surface area contributed by atoms with Gasteiger partial charge >= 0.3 is 5.97 Å². The molecule has 0 bridgehead atoms. The van der Waals surface area contributed by atoms with E-state index in [-0.39, 0.29) is 5.69 Å². The van der Waals surface area contributed by atoms with Crippen LogP contribution in [0.15, 0.2) is 30.5 Å². The molecule has 5 heteroatoms. The third-order valence-corrected chi connectivity index (χ3v) is 4.40. The fraction of sp³-hybridized carbons (Fsp3) is 0.412. The van der Waals surface area contributed by atoms with Crippen molar-refractivity contribution in [2.75, 3.05) is 13.1 Å². The van der Waals surface area contributed by atoms with E-state index in [2.05, 4.69) is 29.1 Å². The van der Waals surface area contributed by atoms with Crippen LogP contribution in [0.3, 0.4) is 0 Å². The molecular weight excluding hydrogens is 278 g/mol. The van der Waals surface area contributed by atoms with Crippen LogP contribution in [-0.2, 0) is 7.05 Å². The fourth-order valence-corrected chi connectivity index (χ4v) is 3.16. The number of carboxylic acids is 1. The van der Waals surface area contributed by atoms with E-state index in [1.54, 1.807) is 17.9 Å². The Morgan fingerprint density at radius 1 is 1.32 bits per heavy atom. The number of benzene rings is 1. The Kier molecular flexibility index (Phi) is 3.98. The van der Waals surface area contributed by atoms with Crippen LogP contribution in [0.2, 0.25) is 0 Å². The van der Waals surface area contributed by atoms with E-state index < -0.39 is 5.97 Å². The molecule has 1 aromatic carbocycles. The predicted octanol–water partition coefficient (Wildman–Crippen LogP) is 2.94. The lowest BCUT2D eigenvalue weighted by molar-refractivity contribution is 0.0690. The van der Waals surface area contributed by atoms with Crippen molar-refractivity contribution >= 4 is 5.97 Å². The van der Waals surface area contributed by atoms with Crippen LogP contribution in [0.1, 0.15) is 41.9 Å². The summed E-state index contributed by atoms with van der Waals surface area (Å²) in [7, 11) is 1.74.